The van der Waals surface area contributed by atoms with Crippen molar-refractivity contribution in [1.29, 1.82) is 0 Å². The molecule has 0 N–H and O–H groups in total. The molecule has 0 aromatic heterocycles. The number of hydrogen-bond acceptors (Lipinski definition) is 1. The lowest BCUT2D eigenvalue weighted by atomic mass is 10.2. The van der Waals surface area contributed by atoms with Crippen LogP contribution in [0.1, 0.15) is 18.5 Å². The maximum atomic E-state index is 2.33. The largest absolute Gasteiger partial charge is 0.367 e. The topological polar surface area (TPSA) is 3.01 Å². The van der Waals surface area contributed by atoms with Crippen molar-refractivity contribution in [2.75, 3.05) is 6.54 Å². The molecule has 1 nitrogen and oxygen atoms in total. The van der Waals surface area contributed by atoms with Crippen LogP contribution in [-0.4, -0.2) is 11.4 Å². The van der Waals surface area contributed by atoms with E-state index >= 15 is 0 Å². The summed E-state index contributed by atoms with van der Waals surface area (Å²) < 4.78 is 0. The van der Waals surface area contributed by atoms with Crippen molar-refractivity contribution in [2.45, 2.75) is 13.0 Å². The molecule has 0 bridgehead atoms. The van der Waals surface area contributed by atoms with E-state index in [1.165, 1.54) is 12.1 Å². The molecule has 1 aliphatic rings. The predicted molar refractivity (Wildman–Crippen MR) is 50.7 cm³/mol. The number of hydrogen-bond donors (Lipinski definition) is 0. The van der Waals surface area contributed by atoms with Crippen molar-refractivity contribution in [3.8, 4) is 0 Å². The summed E-state index contributed by atoms with van der Waals surface area (Å²) in [6.45, 7) is 3.23. The zero-order valence-corrected chi connectivity index (χ0v) is 7.27. The lowest BCUT2D eigenvalue weighted by Crippen LogP contribution is -1.85. The zero-order valence-electron chi connectivity index (χ0n) is 7.27. The van der Waals surface area contributed by atoms with Crippen LogP contribution in [0.25, 0.3) is 0 Å². The van der Waals surface area contributed by atoms with Crippen molar-refractivity contribution in [3.63, 3.8) is 0 Å². The third-order valence-electron chi connectivity index (χ3n) is 2.18. The molecule has 1 heterocycles. The van der Waals surface area contributed by atoms with Gasteiger partial charge >= 0.3 is 0 Å². The van der Waals surface area contributed by atoms with E-state index in [2.05, 4.69) is 54.4 Å². The first-order valence-electron chi connectivity index (χ1n) is 4.35. The second kappa shape index (κ2) is 3.02. The van der Waals surface area contributed by atoms with Crippen LogP contribution in [0.5, 0.6) is 0 Å². The molecule has 0 aliphatic carbocycles. The summed E-state index contributed by atoms with van der Waals surface area (Å²) >= 11 is 0. The van der Waals surface area contributed by atoms with Gasteiger partial charge in [-0.2, -0.15) is 0 Å². The van der Waals surface area contributed by atoms with E-state index < -0.39 is 0 Å². The maximum absolute atomic E-state index is 2.33. The summed E-state index contributed by atoms with van der Waals surface area (Å²) in [7, 11) is 0. The van der Waals surface area contributed by atoms with Crippen molar-refractivity contribution in [2.24, 2.45) is 0 Å². The van der Waals surface area contributed by atoms with E-state index in [1.807, 2.05) is 0 Å². The molecule has 2 rings (SSSR count). The van der Waals surface area contributed by atoms with Crippen LogP contribution in [0, 0.1) is 0 Å². The van der Waals surface area contributed by atoms with Crippen LogP contribution in [0.15, 0.2) is 42.6 Å². The first-order chi connectivity index (χ1) is 5.92. The Morgan fingerprint density at radius 3 is 2.75 bits per heavy atom. The van der Waals surface area contributed by atoms with Crippen molar-refractivity contribution in [3.05, 3.63) is 48.2 Å². The molecule has 1 aliphatic heterocycles. The lowest BCUT2D eigenvalue weighted by Gasteiger charge is -1.97. The molecule has 0 spiro atoms. The smallest absolute Gasteiger partial charge is 0.0713 e. The Balaban J connectivity index is 2.06. The molecule has 12 heavy (non-hydrogen) atoms. The first kappa shape index (κ1) is 7.41. The Hall–Kier alpha value is -1.24. The summed E-state index contributed by atoms with van der Waals surface area (Å²) in [4.78, 5) is 2.33. The molecule has 0 amide bonds. The van der Waals surface area contributed by atoms with Crippen LogP contribution < -0.4 is 0 Å². The molecular weight excluding hydrogens is 146 g/mol. The van der Waals surface area contributed by atoms with E-state index in [9.17, 15) is 0 Å². The SMILES string of the molecule is C/C=C\N1CC1c1ccccc1. The first-order valence-corrected chi connectivity index (χ1v) is 4.35. The minimum Gasteiger partial charge on any atom is -0.367 e. The predicted octanol–water partition coefficient (Wildman–Crippen LogP) is 2.58. The molecule has 1 saturated heterocycles. The van der Waals surface area contributed by atoms with Gasteiger partial charge in [-0.25, -0.2) is 0 Å². The Morgan fingerprint density at radius 1 is 1.33 bits per heavy atom. The molecule has 1 fully saturated rings. The second-order valence-corrected chi connectivity index (χ2v) is 3.11. The third kappa shape index (κ3) is 1.35. The molecule has 1 aromatic carbocycles. The molecule has 0 radical (unpaired) electrons. The fraction of sp³-hybridized carbons (Fsp3) is 0.273. The second-order valence-electron chi connectivity index (χ2n) is 3.11. The van der Waals surface area contributed by atoms with Gasteiger partial charge in [-0.3, -0.25) is 0 Å². The van der Waals surface area contributed by atoms with Crippen molar-refractivity contribution < 1.29 is 0 Å². The number of nitrogens with zero attached hydrogens (tertiary/aromatic N) is 1. The van der Waals surface area contributed by atoms with E-state index in [0.29, 0.717) is 6.04 Å². The van der Waals surface area contributed by atoms with E-state index in [0.717, 1.165) is 0 Å². The maximum Gasteiger partial charge on any atom is 0.0713 e. The Labute approximate surface area is 73.3 Å². The van der Waals surface area contributed by atoms with Gasteiger partial charge in [0.15, 0.2) is 0 Å². The van der Waals surface area contributed by atoms with E-state index in [-0.39, 0.29) is 0 Å². The van der Waals surface area contributed by atoms with Gasteiger partial charge in [0.2, 0.25) is 0 Å². The molecule has 1 aromatic rings. The highest BCUT2D eigenvalue weighted by atomic mass is 15.3. The van der Waals surface area contributed by atoms with Gasteiger partial charge in [-0.1, -0.05) is 36.4 Å². The zero-order chi connectivity index (χ0) is 8.39. The van der Waals surface area contributed by atoms with Gasteiger partial charge in [0.05, 0.1) is 6.04 Å². The summed E-state index contributed by atoms with van der Waals surface area (Å²) in [6, 6.07) is 11.3. The van der Waals surface area contributed by atoms with Gasteiger partial charge in [0.25, 0.3) is 0 Å². The Kier molecular flexibility index (Phi) is 1.86. The fourth-order valence-corrected chi connectivity index (χ4v) is 1.48. The average Bonchev–Trinajstić information content (AvgIpc) is 2.87. The van der Waals surface area contributed by atoms with Gasteiger partial charge in [-0.15, -0.1) is 0 Å². The Bertz CT molecular complexity index is 276. The number of benzene rings is 1. The normalized spacial score (nSPS) is 21.8. The number of allylic oxidation sites excluding steroid dienone is 1. The molecule has 1 heteroatoms. The molecular formula is C11H13N. The highest BCUT2D eigenvalue weighted by Crippen LogP contribution is 2.34. The average molecular weight is 159 g/mol. The minimum absolute atomic E-state index is 0.641. The summed E-state index contributed by atoms with van der Waals surface area (Å²) in [5, 5.41) is 0. The van der Waals surface area contributed by atoms with Crippen LogP contribution in [0.2, 0.25) is 0 Å². The minimum atomic E-state index is 0.641. The van der Waals surface area contributed by atoms with Crippen LogP contribution in [-0.2, 0) is 0 Å². The van der Waals surface area contributed by atoms with Crippen LogP contribution in [0.4, 0.5) is 0 Å². The van der Waals surface area contributed by atoms with Gasteiger partial charge in [0, 0.05) is 6.54 Å². The molecule has 1 unspecified atom stereocenters. The number of rotatable bonds is 2. The highest BCUT2D eigenvalue weighted by molar-refractivity contribution is 5.24. The quantitative estimate of drug-likeness (QED) is 0.599. The van der Waals surface area contributed by atoms with Gasteiger partial charge in [0.1, 0.15) is 0 Å². The molecule has 0 saturated carbocycles. The van der Waals surface area contributed by atoms with Crippen molar-refractivity contribution in [1.82, 2.24) is 4.90 Å². The van der Waals surface area contributed by atoms with Gasteiger partial charge < -0.3 is 4.90 Å². The lowest BCUT2D eigenvalue weighted by molar-refractivity contribution is 0.693. The third-order valence-corrected chi connectivity index (χ3v) is 2.18. The van der Waals surface area contributed by atoms with E-state index in [1.54, 1.807) is 0 Å². The molecule has 62 valence electrons. The Morgan fingerprint density at radius 2 is 2.08 bits per heavy atom. The summed E-state index contributed by atoms with van der Waals surface area (Å²) in [6.07, 6.45) is 4.24. The standard InChI is InChI=1S/C11H13N/c1-2-8-12-9-11(12)10-6-4-3-5-7-10/h2-8,11H,9H2,1H3/b8-2-. The van der Waals surface area contributed by atoms with E-state index in [4.69, 9.17) is 0 Å². The molecule has 1 atom stereocenters. The fourth-order valence-electron chi connectivity index (χ4n) is 1.48. The monoisotopic (exact) mass is 159 g/mol. The summed E-state index contributed by atoms with van der Waals surface area (Å²) in [5.74, 6) is 0. The van der Waals surface area contributed by atoms with Crippen LogP contribution in [0.3, 0.4) is 0 Å². The highest BCUT2D eigenvalue weighted by Gasteiger charge is 2.31. The summed E-state index contributed by atoms with van der Waals surface area (Å²) in [5.41, 5.74) is 1.43. The van der Waals surface area contributed by atoms with Crippen LogP contribution >= 0.6 is 0 Å². The van der Waals surface area contributed by atoms with Crippen molar-refractivity contribution >= 4 is 0 Å². The van der Waals surface area contributed by atoms with Gasteiger partial charge in [-0.05, 0) is 18.7 Å².